The Kier molecular flexibility index (Phi) is 5.68. The molecule has 1 aromatic heterocycles. The summed E-state index contributed by atoms with van der Waals surface area (Å²) < 4.78 is 17.6. The van der Waals surface area contributed by atoms with Crippen LogP contribution in [0.15, 0.2) is 24.4 Å². The Morgan fingerprint density at radius 2 is 1.83 bits per heavy atom. The molecule has 0 bridgehead atoms. The molecule has 0 aliphatic carbocycles. The number of hydrogen-bond acceptors (Lipinski definition) is 5. The lowest BCUT2D eigenvalue weighted by Crippen LogP contribution is -2.18. The maximum Gasteiger partial charge on any atom is 0.226 e. The summed E-state index contributed by atoms with van der Waals surface area (Å²) in [5, 5.41) is 7.18. The maximum absolute atomic E-state index is 12.3. The van der Waals surface area contributed by atoms with Crippen molar-refractivity contribution in [2.45, 2.75) is 26.3 Å². The number of benzene rings is 1. The van der Waals surface area contributed by atoms with Crippen LogP contribution in [0, 0.1) is 6.92 Å². The first-order valence-electron chi connectivity index (χ1n) is 7.60. The lowest BCUT2D eigenvalue weighted by atomic mass is 10.2. The lowest BCUT2D eigenvalue weighted by Gasteiger charge is -2.16. The molecule has 24 heavy (non-hydrogen) atoms. The average molecular weight is 333 g/mol. The van der Waals surface area contributed by atoms with Gasteiger partial charge in [-0.2, -0.15) is 5.10 Å². The van der Waals surface area contributed by atoms with Crippen molar-refractivity contribution in [3.05, 3.63) is 30.1 Å². The van der Waals surface area contributed by atoms with Crippen molar-refractivity contribution in [2.24, 2.45) is 0 Å². The molecule has 7 heteroatoms. The fourth-order valence-corrected chi connectivity index (χ4v) is 2.41. The Bertz CT molecular complexity index is 687. The molecule has 0 spiro atoms. The highest BCUT2D eigenvalue weighted by molar-refractivity contribution is 5.91. The molecule has 1 aromatic carbocycles. The van der Waals surface area contributed by atoms with Crippen LogP contribution in [0.3, 0.4) is 0 Å². The molecule has 7 nitrogen and oxygen atoms in total. The average Bonchev–Trinajstić information content (AvgIpc) is 3.00. The number of nitrogens with zero attached hydrogens (tertiary/aromatic N) is 2. The number of amides is 1. The van der Waals surface area contributed by atoms with E-state index in [2.05, 4.69) is 10.4 Å². The van der Waals surface area contributed by atoms with Crippen LogP contribution < -0.4 is 19.5 Å². The largest absolute Gasteiger partial charge is 0.493 e. The van der Waals surface area contributed by atoms with Gasteiger partial charge in [0.1, 0.15) is 0 Å². The van der Waals surface area contributed by atoms with Gasteiger partial charge in [0, 0.05) is 30.4 Å². The highest BCUT2D eigenvalue weighted by Crippen LogP contribution is 2.39. The van der Waals surface area contributed by atoms with Crippen LogP contribution in [0.1, 0.15) is 25.1 Å². The minimum atomic E-state index is -0.120. The second-order valence-corrected chi connectivity index (χ2v) is 5.45. The monoisotopic (exact) mass is 333 g/mol. The van der Waals surface area contributed by atoms with Gasteiger partial charge in [0.05, 0.1) is 33.1 Å². The van der Waals surface area contributed by atoms with Gasteiger partial charge in [0.2, 0.25) is 11.7 Å². The SMILES string of the molecule is COc1cc(NC(=O)C[C@H](C)n2ccc(C)n2)cc(OC)c1OC. The normalized spacial score (nSPS) is 11.7. The van der Waals surface area contributed by atoms with Gasteiger partial charge in [-0.05, 0) is 19.9 Å². The lowest BCUT2D eigenvalue weighted by molar-refractivity contribution is -0.116. The van der Waals surface area contributed by atoms with E-state index in [-0.39, 0.29) is 11.9 Å². The molecule has 2 rings (SSSR count). The van der Waals surface area contributed by atoms with E-state index >= 15 is 0 Å². The molecular weight excluding hydrogens is 310 g/mol. The zero-order chi connectivity index (χ0) is 17.7. The molecular formula is C17H23N3O4. The highest BCUT2D eigenvalue weighted by Gasteiger charge is 2.16. The summed E-state index contributed by atoms with van der Waals surface area (Å²) in [6.45, 7) is 3.86. The fourth-order valence-electron chi connectivity index (χ4n) is 2.41. The van der Waals surface area contributed by atoms with E-state index in [0.29, 0.717) is 29.4 Å². The van der Waals surface area contributed by atoms with Crippen molar-refractivity contribution in [3.8, 4) is 17.2 Å². The number of hydrogen-bond donors (Lipinski definition) is 1. The quantitative estimate of drug-likeness (QED) is 0.843. The number of rotatable bonds is 7. The number of anilines is 1. The van der Waals surface area contributed by atoms with E-state index in [4.69, 9.17) is 14.2 Å². The van der Waals surface area contributed by atoms with Gasteiger partial charge in [0.15, 0.2) is 11.5 Å². The smallest absolute Gasteiger partial charge is 0.226 e. The molecule has 0 aliphatic rings. The number of aromatic nitrogens is 2. The molecule has 0 aliphatic heterocycles. The topological polar surface area (TPSA) is 74.6 Å². The minimum absolute atomic E-state index is 0.0410. The Balaban J connectivity index is 2.11. The first-order chi connectivity index (χ1) is 11.5. The van der Waals surface area contributed by atoms with Crippen LogP contribution in [0.4, 0.5) is 5.69 Å². The van der Waals surface area contributed by atoms with E-state index in [0.717, 1.165) is 5.69 Å². The van der Waals surface area contributed by atoms with Crippen molar-refractivity contribution in [1.29, 1.82) is 0 Å². The number of nitrogens with one attached hydrogen (secondary N) is 1. The second-order valence-electron chi connectivity index (χ2n) is 5.45. The summed E-state index contributed by atoms with van der Waals surface area (Å²) in [7, 11) is 4.60. The molecule has 0 unspecified atom stereocenters. The van der Waals surface area contributed by atoms with Gasteiger partial charge in [-0.25, -0.2) is 0 Å². The van der Waals surface area contributed by atoms with Crippen molar-refractivity contribution < 1.29 is 19.0 Å². The predicted molar refractivity (Wildman–Crippen MR) is 91.0 cm³/mol. The van der Waals surface area contributed by atoms with E-state index in [1.54, 1.807) is 16.8 Å². The summed E-state index contributed by atoms with van der Waals surface area (Å²) in [4.78, 5) is 12.3. The molecule has 0 fully saturated rings. The van der Waals surface area contributed by atoms with E-state index in [1.165, 1.54) is 21.3 Å². The molecule has 1 atom stereocenters. The third kappa shape index (κ3) is 3.98. The first-order valence-corrected chi connectivity index (χ1v) is 7.60. The maximum atomic E-state index is 12.3. The summed E-state index contributed by atoms with van der Waals surface area (Å²) in [5.41, 5.74) is 1.50. The van der Waals surface area contributed by atoms with Crippen molar-refractivity contribution >= 4 is 11.6 Å². The molecule has 0 saturated carbocycles. The predicted octanol–water partition coefficient (Wildman–Crippen LogP) is 2.81. The first kappa shape index (κ1) is 17.7. The van der Waals surface area contributed by atoms with E-state index < -0.39 is 0 Å². The summed E-state index contributed by atoms with van der Waals surface area (Å²) in [6.07, 6.45) is 2.17. The molecule has 1 amide bonds. The second kappa shape index (κ2) is 7.72. The zero-order valence-electron chi connectivity index (χ0n) is 14.6. The Morgan fingerprint density at radius 1 is 1.21 bits per heavy atom. The van der Waals surface area contributed by atoms with Crippen molar-refractivity contribution in [3.63, 3.8) is 0 Å². The number of ether oxygens (including phenoxy) is 3. The van der Waals surface area contributed by atoms with Gasteiger partial charge in [0.25, 0.3) is 0 Å². The van der Waals surface area contributed by atoms with E-state index in [1.807, 2.05) is 26.1 Å². The minimum Gasteiger partial charge on any atom is -0.493 e. The van der Waals surface area contributed by atoms with Gasteiger partial charge in [-0.1, -0.05) is 0 Å². The molecule has 1 N–H and O–H groups in total. The standard InChI is InChI=1S/C17H23N3O4/c1-11-6-7-20(19-11)12(2)8-16(21)18-13-9-14(22-3)17(24-5)15(10-13)23-4/h6-7,9-10,12H,8H2,1-5H3,(H,18,21)/t12-/m0/s1. The highest BCUT2D eigenvalue weighted by atomic mass is 16.5. The third-order valence-electron chi connectivity index (χ3n) is 3.62. The molecule has 1 heterocycles. The Morgan fingerprint density at radius 3 is 2.29 bits per heavy atom. The van der Waals surface area contributed by atoms with Gasteiger partial charge in [-0.3, -0.25) is 9.48 Å². The van der Waals surface area contributed by atoms with Crippen molar-refractivity contribution in [2.75, 3.05) is 26.6 Å². The molecule has 0 saturated heterocycles. The summed E-state index contributed by atoms with van der Waals surface area (Å²) in [5.74, 6) is 1.34. The number of carbonyl (C=O) groups is 1. The van der Waals surface area contributed by atoms with E-state index in [9.17, 15) is 4.79 Å². The van der Waals surface area contributed by atoms with Crippen LogP contribution in [-0.4, -0.2) is 37.0 Å². The molecule has 0 radical (unpaired) electrons. The van der Waals surface area contributed by atoms with Crippen LogP contribution in [0.5, 0.6) is 17.2 Å². The Hall–Kier alpha value is -2.70. The molecule has 2 aromatic rings. The molecule has 130 valence electrons. The summed E-state index contributed by atoms with van der Waals surface area (Å²) in [6, 6.07) is 5.26. The van der Waals surface area contributed by atoms with Gasteiger partial charge in [-0.15, -0.1) is 0 Å². The third-order valence-corrected chi connectivity index (χ3v) is 3.62. The van der Waals surface area contributed by atoms with Gasteiger partial charge < -0.3 is 19.5 Å². The van der Waals surface area contributed by atoms with Crippen LogP contribution >= 0.6 is 0 Å². The number of methoxy groups -OCH3 is 3. The number of carbonyl (C=O) groups excluding carboxylic acids is 1. The number of aryl methyl sites for hydroxylation is 1. The summed E-state index contributed by atoms with van der Waals surface area (Å²) >= 11 is 0. The van der Waals surface area contributed by atoms with Crippen LogP contribution in [0.2, 0.25) is 0 Å². The fraction of sp³-hybridized carbons (Fsp3) is 0.412. The zero-order valence-corrected chi connectivity index (χ0v) is 14.6. The van der Waals surface area contributed by atoms with Crippen LogP contribution in [0.25, 0.3) is 0 Å². The Labute approximate surface area is 141 Å². The van der Waals surface area contributed by atoms with Gasteiger partial charge >= 0.3 is 0 Å². The van der Waals surface area contributed by atoms with Crippen molar-refractivity contribution in [1.82, 2.24) is 9.78 Å². The van der Waals surface area contributed by atoms with Crippen LogP contribution in [-0.2, 0) is 4.79 Å².